The first kappa shape index (κ1) is 16.4. The van der Waals surface area contributed by atoms with Crippen LogP contribution in [0.1, 0.15) is 19.0 Å². The van der Waals surface area contributed by atoms with Gasteiger partial charge in [-0.3, -0.25) is 9.69 Å². The Morgan fingerprint density at radius 3 is 2.57 bits per heavy atom. The van der Waals surface area contributed by atoms with Gasteiger partial charge in [-0.2, -0.15) is 0 Å². The van der Waals surface area contributed by atoms with Crippen molar-refractivity contribution in [3.05, 3.63) is 40.4 Å². The second-order valence-corrected chi connectivity index (χ2v) is 6.96. The third-order valence-electron chi connectivity index (χ3n) is 4.06. The Balaban J connectivity index is 1.58. The summed E-state index contributed by atoms with van der Waals surface area (Å²) in [6, 6.07) is 7.78. The molecule has 1 saturated heterocycles. The number of hydrogen-bond acceptors (Lipinski definition) is 4. The van der Waals surface area contributed by atoms with Crippen LogP contribution in [0.15, 0.2) is 29.6 Å². The number of benzene rings is 1. The van der Waals surface area contributed by atoms with E-state index in [0.717, 1.165) is 54.0 Å². The highest BCUT2D eigenvalue weighted by Gasteiger charge is 2.20. The summed E-state index contributed by atoms with van der Waals surface area (Å²) in [5.74, 6) is 0.253. The quantitative estimate of drug-likeness (QED) is 0.847. The average Bonchev–Trinajstić information content (AvgIpc) is 3.04. The van der Waals surface area contributed by atoms with Crippen LogP contribution in [0.4, 0.5) is 0 Å². The molecular formula is C17H20ClN3OS. The first-order valence-corrected chi connectivity index (χ1v) is 9.12. The molecule has 0 aliphatic carbocycles. The Hall–Kier alpha value is -1.43. The van der Waals surface area contributed by atoms with Crippen LogP contribution < -0.4 is 0 Å². The Bertz CT molecular complexity index is 663. The molecule has 6 heteroatoms. The summed E-state index contributed by atoms with van der Waals surface area (Å²) in [7, 11) is 0. The lowest BCUT2D eigenvalue weighted by atomic mass is 10.2. The fourth-order valence-electron chi connectivity index (χ4n) is 2.71. The van der Waals surface area contributed by atoms with Gasteiger partial charge in [-0.05, 0) is 12.1 Å². The molecule has 0 spiro atoms. The van der Waals surface area contributed by atoms with E-state index >= 15 is 0 Å². The Morgan fingerprint density at radius 2 is 1.91 bits per heavy atom. The predicted molar refractivity (Wildman–Crippen MR) is 94.7 cm³/mol. The van der Waals surface area contributed by atoms with Gasteiger partial charge in [-0.15, -0.1) is 11.3 Å². The van der Waals surface area contributed by atoms with E-state index in [4.69, 9.17) is 16.6 Å². The first-order chi connectivity index (χ1) is 11.2. The summed E-state index contributed by atoms with van der Waals surface area (Å²) >= 11 is 7.59. The van der Waals surface area contributed by atoms with E-state index in [2.05, 4.69) is 10.3 Å². The van der Waals surface area contributed by atoms with Crippen LogP contribution in [0.25, 0.3) is 10.6 Å². The molecule has 0 N–H and O–H groups in total. The van der Waals surface area contributed by atoms with Crippen molar-refractivity contribution in [1.29, 1.82) is 0 Å². The minimum Gasteiger partial charge on any atom is -0.340 e. The minimum atomic E-state index is 0.253. The lowest BCUT2D eigenvalue weighted by molar-refractivity contribution is -0.132. The number of aromatic nitrogens is 1. The monoisotopic (exact) mass is 349 g/mol. The molecule has 2 heterocycles. The van der Waals surface area contributed by atoms with E-state index < -0.39 is 0 Å². The maximum Gasteiger partial charge on any atom is 0.222 e. The molecule has 1 aromatic heterocycles. The van der Waals surface area contributed by atoms with Crippen molar-refractivity contribution in [2.24, 2.45) is 0 Å². The molecule has 0 unspecified atom stereocenters. The van der Waals surface area contributed by atoms with Gasteiger partial charge in [0.05, 0.1) is 5.69 Å². The van der Waals surface area contributed by atoms with Crippen LogP contribution in [0, 0.1) is 0 Å². The average molecular weight is 350 g/mol. The van der Waals surface area contributed by atoms with Crippen LogP contribution in [0.5, 0.6) is 0 Å². The number of rotatable bonds is 4. The Labute approximate surface area is 145 Å². The van der Waals surface area contributed by atoms with Gasteiger partial charge in [0.2, 0.25) is 5.91 Å². The van der Waals surface area contributed by atoms with Gasteiger partial charge in [0, 0.05) is 55.1 Å². The van der Waals surface area contributed by atoms with Crippen LogP contribution in [0.2, 0.25) is 5.02 Å². The summed E-state index contributed by atoms with van der Waals surface area (Å²) in [5.41, 5.74) is 2.19. The summed E-state index contributed by atoms with van der Waals surface area (Å²) < 4.78 is 0. The molecule has 0 saturated carbocycles. The summed E-state index contributed by atoms with van der Waals surface area (Å²) in [5, 5.41) is 3.88. The second-order valence-electron chi connectivity index (χ2n) is 5.66. The predicted octanol–water partition coefficient (Wildman–Crippen LogP) is 3.52. The number of nitrogens with zero attached hydrogens (tertiary/aromatic N) is 3. The van der Waals surface area contributed by atoms with E-state index in [9.17, 15) is 4.79 Å². The second kappa shape index (κ2) is 7.43. The zero-order valence-electron chi connectivity index (χ0n) is 13.2. The maximum absolute atomic E-state index is 11.7. The Morgan fingerprint density at radius 1 is 1.22 bits per heavy atom. The first-order valence-electron chi connectivity index (χ1n) is 7.86. The number of amides is 1. The van der Waals surface area contributed by atoms with Gasteiger partial charge in [-0.1, -0.05) is 30.7 Å². The summed E-state index contributed by atoms with van der Waals surface area (Å²) in [6.07, 6.45) is 0.594. The van der Waals surface area contributed by atoms with E-state index in [1.165, 1.54) is 0 Å². The number of carbonyl (C=O) groups excluding carboxylic acids is 1. The largest absolute Gasteiger partial charge is 0.340 e. The molecule has 23 heavy (non-hydrogen) atoms. The van der Waals surface area contributed by atoms with Crippen molar-refractivity contribution in [2.45, 2.75) is 19.9 Å². The highest BCUT2D eigenvalue weighted by molar-refractivity contribution is 7.13. The lowest BCUT2D eigenvalue weighted by Gasteiger charge is -2.34. The third-order valence-corrected chi connectivity index (χ3v) is 5.25. The molecule has 0 bridgehead atoms. The zero-order chi connectivity index (χ0) is 16.2. The van der Waals surface area contributed by atoms with Crippen molar-refractivity contribution < 1.29 is 4.79 Å². The molecule has 3 rings (SSSR count). The van der Waals surface area contributed by atoms with Crippen molar-refractivity contribution >= 4 is 28.8 Å². The third kappa shape index (κ3) is 4.10. The van der Waals surface area contributed by atoms with Crippen LogP contribution >= 0.6 is 22.9 Å². The van der Waals surface area contributed by atoms with Crippen LogP contribution in [-0.2, 0) is 11.3 Å². The van der Waals surface area contributed by atoms with E-state index in [-0.39, 0.29) is 5.91 Å². The minimum absolute atomic E-state index is 0.253. The highest BCUT2D eigenvalue weighted by Crippen LogP contribution is 2.25. The van der Waals surface area contributed by atoms with Gasteiger partial charge < -0.3 is 4.90 Å². The maximum atomic E-state index is 11.7. The van der Waals surface area contributed by atoms with E-state index in [0.29, 0.717) is 6.42 Å². The lowest BCUT2D eigenvalue weighted by Crippen LogP contribution is -2.48. The summed E-state index contributed by atoms with van der Waals surface area (Å²) in [6.45, 7) is 6.24. The normalized spacial score (nSPS) is 15.8. The molecule has 1 fully saturated rings. The van der Waals surface area contributed by atoms with Gasteiger partial charge in [0.25, 0.3) is 0 Å². The molecular weight excluding hydrogens is 330 g/mol. The van der Waals surface area contributed by atoms with Crippen molar-refractivity contribution in [1.82, 2.24) is 14.8 Å². The smallest absolute Gasteiger partial charge is 0.222 e. The van der Waals surface area contributed by atoms with Gasteiger partial charge in [0.1, 0.15) is 5.01 Å². The molecule has 0 radical (unpaired) electrons. The van der Waals surface area contributed by atoms with Crippen molar-refractivity contribution in [2.75, 3.05) is 26.2 Å². The molecule has 2 aromatic rings. The number of halogens is 1. The fraction of sp³-hybridized carbons (Fsp3) is 0.412. The Kier molecular flexibility index (Phi) is 5.30. The van der Waals surface area contributed by atoms with Gasteiger partial charge in [-0.25, -0.2) is 4.98 Å². The van der Waals surface area contributed by atoms with E-state index in [1.807, 2.05) is 36.1 Å². The summed E-state index contributed by atoms with van der Waals surface area (Å²) in [4.78, 5) is 20.7. The van der Waals surface area contributed by atoms with E-state index in [1.54, 1.807) is 11.3 Å². The number of hydrogen-bond donors (Lipinski definition) is 0. The molecule has 4 nitrogen and oxygen atoms in total. The number of piperazine rings is 1. The van der Waals surface area contributed by atoms with Crippen molar-refractivity contribution in [3.8, 4) is 10.6 Å². The molecule has 1 amide bonds. The van der Waals surface area contributed by atoms with Crippen LogP contribution in [-0.4, -0.2) is 46.9 Å². The SMILES string of the molecule is CCC(=O)N1CCN(Cc2csc(-c3ccc(Cl)cc3)n2)CC1. The topological polar surface area (TPSA) is 36.4 Å². The zero-order valence-corrected chi connectivity index (χ0v) is 14.7. The number of thiazole rings is 1. The molecule has 0 atom stereocenters. The molecule has 1 aliphatic heterocycles. The standard InChI is InChI=1S/C17H20ClN3OS/c1-2-16(22)21-9-7-20(8-10-21)11-15-12-23-17(19-15)13-3-5-14(18)6-4-13/h3-6,12H,2,7-11H2,1H3. The molecule has 122 valence electrons. The van der Waals surface area contributed by atoms with Crippen molar-refractivity contribution in [3.63, 3.8) is 0 Å². The number of carbonyl (C=O) groups is 1. The fourth-order valence-corrected chi connectivity index (χ4v) is 3.66. The molecule has 1 aromatic carbocycles. The van der Waals surface area contributed by atoms with Gasteiger partial charge in [0.15, 0.2) is 0 Å². The van der Waals surface area contributed by atoms with Gasteiger partial charge >= 0.3 is 0 Å². The molecule has 1 aliphatic rings. The van der Waals surface area contributed by atoms with Crippen LogP contribution in [0.3, 0.4) is 0 Å². The highest BCUT2D eigenvalue weighted by atomic mass is 35.5.